The monoisotopic (exact) mass is 467 g/mol. The van der Waals surface area contributed by atoms with Crippen molar-refractivity contribution in [2.75, 3.05) is 0 Å². The van der Waals surface area contributed by atoms with Crippen LogP contribution in [0.1, 0.15) is 17.0 Å². The van der Waals surface area contributed by atoms with Gasteiger partial charge in [0.05, 0.1) is 5.52 Å². The lowest BCUT2D eigenvalue weighted by molar-refractivity contribution is 0.305. The van der Waals surface area contributed by atoms with Gasteiger partial charge in [0.1, 0.15) is 23.6 Å². The number of ether oxygens (including phenoxy) is 1. The van der Waals surface area contributed by atoms with Crippen molar-refractivity contribution < 1.29 is 9.15 Å². The normalized spacial score (nSPS) is 11.3. The van der Waals surface area contributed by atoms with Gasteiger partial charge in [-0.05, 0) is 47.5 Å². The number of aromatic nitrogens is 5. The van der Waals surface area contributed by atoms with Crippen molar-refractivity contribution in [2.45, 2.75) is 13.0 Å². The summed E-state index contributed by atoms with van der Waals surface area (Å²) in [6.07, 6.45) is 0.584. The maximum absolute atomic E-state index is 6.13. The number of furan rings is 1. The van der Waals surface area contributed by atoms with Crippen LogP contribution in [0, 0.1) is 0 Å². The molecule has 0 spiro atoms. The van der Waals surface area contributed by atoms with Crippen LogP contribution in [0.25, 0.3) is 33.3 Å². The van der Waals surface area contributed by atoms with Gasteiger partial charge >= 0.3 is 0 Å². The minimum absolute atomic E-state index is 0.417. The summed E-state index contributed by atoms with van der Waals surface area (Å²) >= 11 is 6.13. The maximum Gasteiger partial charge on any atom is 0.178 e. The average molecular weight is 468 g/mol. The van der Waals surface area contributed by atoms with Gasteiger partial charge in [-0.2, -0.15) is 5.21 Å². The Bertz CT molecular complexity index is 1610. The zero-order valence-corrected chi connectivity index (χ0v) is 18.7. The van der Waals surface area contributed by atoms with Crippen molar-refractivity contribution in [1.29, 1.82) is 0 Å². The van der Waals surface area contributed by atoms with Crippen LogP contribution in [0.3, 0.4) is 0 Å². The molecule has 0 saturated carbocycles. The fraction of sp³-hybridized carbons (Fsp3) is 0.0769. The SMILES string of the molecule is Clc1ccc2ccc(-c3cc4ccc(OCc5ccccc5Cc5nn[nH]n5)cc4o3)nc2c1. The van der Waals surface area contributed by atoms with E-state index >= 15 is 0 Å². The van der Waals surface area contributed by atoms with Gasteiger partial charge in [0.15, 0.2) is 11.6 Å². The number of pyridine rings is 1. The lowest BCUT2D eigenvalue weighted by atomic mass is 10.1. The van der Waals surface area contributed by atoms with Crippen molar-refractivity contribution in [2.24, 2.45) is 0 Å². The molecular weight excluding hydrogens is 450 g/mol. The lowest BCUT2D eigenvalue weighted by Crippen LogP contribution is -2.02. The Balaban J connectivity index is 1.24. The summed E-state index contributed by atoms with van der Waals surface area (Å²) in [6, 6.07) is 25.5. The minimum atomic E-state index is 0.417. The number of nitrogens with one attached hydrogen (secondary N) is 1. The molecule has 6 aromatic rings. The predicted molar refractivity (Wildman–Crippen MR) is 130 cm³/mol. The zero-order chi connectivity index (χ0) is 22.9. The number of tetrazole rings is 1. The van der Waals surface area contributed by atoms with Crippen molar-refractivity contribution in [3.63, 3.8) is 0 Å². The summed E-state index contributed by atoms with van der Waals surface area (Å²) in [5.74, 6) is 2.06. The van der Waals surface area contributed by atoms with Gasteiger partial charge < -0.3 is 9.15 Å². The van der Waals surface area contributed by atoms with E-state index in [1.165, 1.54) is 0 Å². The smallest absolute Gasteiger partial charge is 0.178 e. The Hall–Kier alpha value is -4.23. The van der Waals surface area contributed by atoms with E-state index in [0.717, 1.165) is 44.4 Å². The molecule has 0 amide bonds. The Kier molecular flexibility index (Phi) is 5.16. The molecule has 0 aliphatic carbocycles. The van der Waals surface area contributed by atoms with Gasteiger partial charge in [-0.1, -0.05) is 53.2 Å². The number of rotatable bonds is 6. The van der Waals surface area contributed by atoms with Crippen molar-refractivity contribution in [3.05, 3.63) is 101 Å². The van der Waals surface area contributed by atoms with Crippen LogP contribution in [0.4, 0.5) is 0 Å². The molecule has 8 heteroatoms. The highest BCUT2D eigenvalue weighted by molar-refractivity contribution is 6.31. The van der Waals surface area contributed by atoms with Gasteiger partial charge in [-0.3, -0.25) is 0 Å². The molecule has 0 atom stereocenters. The van der Waals surface area contributed by atoms with E-state index in [2.05, 4.69) is 20.6 Å². The van der Waals surface area contributed by atoms with Gasteiger partial charge in [-0.15, -0.1) is 10.2 Å². The van der Waals surface area contributed by atoms with Crippen LogP contribution in [-0.4, -0.2) is 25.6 Å². The third-order valence-electron chi connectivity index (χ3n) is 5.65. The van der Waals surface area contributed by atoms with E-state index in [9.17, 15) is 0 Å². The van der Waals surface area contributed by atoms with E-state index in [1.807, 2.05) is 78.9 Å². The second-order valence-electron chi connectivity index (χ2n) is 7.91. The van der Waals surface area contributed by atoms with Gasteiger partial charge in [0, 0.05) is 28.3 Å². The summed E-state index contributed by atoms with van der Waals surface area (Å²) < 4.78 is 12.2. The zero-order valence-electron chi connectivity index (χ0n) is 17.9. The van der Waals surface area contributed by atoms with E-state index in [0.29, 0.717) is 29.6 Å². The molecule has 3 aromatic heterocycles. The van der Waals surface area contributed by atoms with Gasteiger partial charge in [0.2, 0.25) is 0 Å². The Morgan fingerprint density at radius 1 is 0.882 bits per heavy atom. The molecular formula is C26H18ClN5O2. The number of halogens is 1. The van der Waals surface area contributed by atoms with Crippen molar-refractivity contribution in [3.8, 4) is 17.2 Å². The molecule has 0 unspecified atom stereocenters. The van der Waals surface area contributed by atoms with Crippen LogP contribution in [0.2, 0.25) is 5.02 Å². The summed E-state index contributed by atoms with van der Waals surface area (Å²) in [5.41, 5.74) is 4.47. The Morgan fingerprint density at radius 2 is 1.74 bits per heavy atom. The highest BCUT2D eigenvalue weighted by Gasteiger charge is 2.11. The van der Waals surface area contributed by atoms with Crippen molar-refractivity contribution >= 4 is 33.5 Å². The van der Waals surface area contributed by atoms with Crippen LogP contribution in [0.15, 0.2) is 83.3 Å². The highest BCUT2D eigenvalue weighted by atomic mass is 35.5. The first kappa shape index (κ1) is 20.4. The molecule has 6 rings (SSSR count). The van der Waals surface area contributed by atoms with E-state index in [-0.39, 0.29) is 0 Å². The van der Waals surface area contributed by atoms with Crippen LogP contribution < -0.4 is 4.74 Å². The van der Waals surface area contributed by atoms with E-state index in [4.69, 9.17) is 25.7 Å². The van der Waals surface area contributed by atoms with Crippen molar-refractivity contribution in [1.82, 2.24) is 25.6 Å². The number of aromatic amines is 1. The third-order valence-corrected chi connectivity index (χ3v) is 5.88. The molecule has 0 bridgehead atoms. The third kappa shape index (κ3) is 4.09. The molecule has 7 nitrogen and oxygen atoms in total. The largest absolute Gasteiger partial charge is 0.489 e. The number of hydrogen-bond acceptors (Lipinski definition) is 6. The fourth-order valence-corrected chi connectivity index (χ4v) is 4.08. The van der Waals surface area contributed by atoms with E-state index < -0.39 is 0 Å². The van der Waals surface area contributed by atoms with Gasteiger partial charge in [0.25, 0.3) is 0 Å². The predicted octanol–water partition coefficient (Wildman–Crippen LogP) is 5.98. The van der Waals surface area contributed by atoms with Crippen LogP contribution in [0.5, 0.6) is 5.75 Å². The molecule has 0 aliphatic heterocycles. The molecule has 34 heavy (non-hydrogen) atoms. The number of nitrogens with zero attached hydrogens (tertiary/aromatic N) is 4. The average Bonchev–Trinajstić information content (AvgIpc) is 3.52. The summed E-state index contributed by atoms with van der Waals surface area (Å²) in [7, 11) is 0. The second kappa shape index (κ2) is 8.61. The molecule has 166 valence electrons. The second-order valence-corrected chi connectivity index (χ2v) is 8.34. The maximum atomic E-state index is 6.13. The molecule has 1 N–H and O–H groups in total. The standard InChI is InChI=1S/C26H18ClN5O2/c27-20-8-5-16-7-10-22(28-23(16)13-20)25-11-18-6-9-21(14-24(18)34-25)33-15-19-4-2-1-3-17(19)12-26-29-31-32-30-26/h1-11,13-14H,12,15H2,(H,29,30,31,32). The van der Waals surface area contributed by atoms with Crippen LogP contribution in [-0.2, 0) is 13.0 Å². The number of H-pyrrole nitrogens is 1. The Morgan fingerprint density at radius 3 is 2.62 bits per heavy atom. The summed E-state index contributed by atoms with van der Waals surface area (Å²) in [5, 5.41) is 16.9. The molecule has 0 radical (unpaired) electrons. The number of fused-ring (bicyclic) bond motifs is 2. The fourth-order valence-electron chi connectivity index (χ4n) is 3.91. The first-order valence-electron chi connectivity index (χ1n) is 10.7. The summed E-state index contributed by atoms with van der Waals surface area (Å²) in [4.78, 5) is 4.71. The first-order valence-corrected chi connectivity index (χ1v) is 11.1. The van der Waals surface area contributed by atoms with E-state index in [1.54, 1.807) is 0 Å². The number of hydrogen-bond donors (Lipinski definition) is 1. The van der Waals surface area contributed by atoms with Gasteiger partial charge in [-0.25, -0.2) is 4.98 Å². The molecule has 3 heterocycles. The minimum Gasteiger partial charge on any atom is -0.489 e. The molecule has 0 fully saturated rings. The molecule has 0 saturated heterocycles. The quantitative estimate of drug-likeness (QED) is 0.324. The number of benzene rings is 3. The molecule has 3 aromatic carbocycles. The lowest BCUT2D eigenvalue weighted by Gasteiger charge is -2.10. The summed E-state index contributed by atoms with van der Waals surface area (Å²) in [6.45, 7) is 0.417. The Labute approximate surface area is 199 Å². The topological polar surface area (TPSA) is 89.7 Å². The first-order chi connectivity index (χ1) is 16.7. The van der Waals surface area contributed by atoms with Crippen LogP contribution >= 0.6 is 11.6 Å². The highest BCUT2D eigenvalue weighted by Crippen LogP contribution is 2.31. The molecule has 0 aliphatic rings.